The second-order valence-corrected chi connectivity index (χ2v) is 14.5. The van der Waals surface area contributed by atoms with Crippen molar-refractivity contribution in [2.75, 3.05) is 30.9 Å². The number of carbonyl (C=O) groups is 4. The molecular weight excluding hydrogens is 677 g/mol. The molecule has 2 heterocycles. The van der Waals surface area contributed by atoms with Crippen molar-refractivity contribution in [3.63, 3.8) is 0 Å². The van der Waals surface area contributed by atoms with Crippen LogP contribution in [-0.4, -0.2) is 64.5 Å². The van der Waals surface area contributed by atoms with E-state index >= 15 is 0 Å². The number of anilines is 2. The summed E-state index contributed by atoms with van der Waals surface area (Å²) in [4.78, 5) is 55.5. The van der Waals surface area contributed by atoms with Gasteiger partial charge in [0.1, 0.15) is 5.75 Å². The fourth-order valence-electron chi connectivity index (χ4n) is 7.70. The zero-order chi connectivity index (χ0) is 34.3. The minimum absolute atomic E-state index is 0.153. The lowest BCUT2D eigenvalue weighted by molar-refractivity contribution is -0.138. The summed E-state index contributed by atoms with van der Waals surface area (Å²) in [5.74, 6) is -5.87. The van der Waals surface area contributed by atoms with E-state index in [2.05, 4.69) is 10.2 Å². The Morgan fingerprint density at radius 2 is 1.48 bits per heavy atom. The fourth-order valence-corrected chi connectivity index (χ4v) is 8.89. The molecule has 3 aromatic carbocycles. The summed E-state index contributed by atoms with van der Waals surface area (Å²) < 4.78 is 0. The number of phenolic OH excluding ortho intramolecular Hbond substituents is 1. The van der Waals surface area contributed by atoms with Crippen molar-refractivity contribution in [3.05, 3.63) is 89.0 Å². The summed E-state index contributed by atoms with van der Waals surface area (Å²) >= 11 is 20.7. The Labute approximate surface area is 291 Å². The van der Waals surface area contributed by atoms with E-state index in [4.69, 9.17) is 34.8 Å². The van der Waals surface area contributed by atoms with Crippen LogP contribution in [0, 0.1) is 17.8 Å². The number of fused-ring (bicyclic) bond motifs is 4. The summed E-state index contributed by atoms with van der Waals surface area (Å²) in [7, 11) is 5.21. The van der Waals surface area contributed by atoms with Crippen molar-refractivity contribution in [2.24, 2.45) is 28.0 Å². The number of allylic oxidation sites excluding steroid dienone is 2. The predicted molar refractivity (Wildman–Crippen MR) is 182 cm³/mol. The Balaban J connectivity index is 1.22. The third-order valence-electron chi connectivity index (χ3n) is 10.1. The molecule has 48 heavy (non-hydrogen) atoms. The van der Waals surface area contributed by atoms with Crippen LogP contribution in [0.2, 0.25) is 5.02 Å². The van der Waals surface area contributed by atoms with Gasteiger partial charge in [-0.1, -0.05) is 23.3 Å². The molecule has 3 fully saturated rings. The molecule has 0 radical (unpaired) electrons. The van der Waals surface area contributed by atoms with Crippen molar-refractivity contribution in [2.45, 2.75) is 28.5 Å². The number of hydrogen-bond acceptors (Lipinski definition) is 8. The zero-order valence-electron chi connectivity index (χ0n) is 26.1. The van der Waals surface area contributed by atoms with Gasteiger partial charge in [0, 0.05) is 43.3 Å². The van der Waals surface area contributed by atoms with Crippen LogP contribution in [0.5, 0.6) is 5.75 Å². The van der Waals surface area contributed by atoms with Gasteiger partial charge < -0.3 is 10.0 Å². The Hall–Kier alpha value is -4.25. The number of likely N-dealkylation sites (tertiary alicyclic amines) is 1. The van der Waals surface area contributed by atoms with Gasteiger partial charge in [0.05, 0.1) is 28.9 Å². The first kappa shape index (κ1) is 32.3. The molecule has 4 aliphatic rings. The second-order valence-electron chi connectivity index (χ2n) is 12.8. The number of amides is 4. The standard InChI is InChI=1S/C35H30Cl3N5O5/c1-41(2)21-9-5-19(6-10-21)39-40-20-7-11-22(12-8-20)43-30(45)24-14-13-23-26(28(24)31(43)46)17-34(37)32(47)42(3)33(48)35(34,38)29(23)25-16-18(36)4-15-27(25)44/h4-13,15-16,24,26,28-29,44H,14,17H2,1-3H3. The van der Waals surface area contributed by atoms with E-state index in [1.165, 1.54) is 25.2 Å². The molecule has 2 aliphatic heterocycles. The first-order valence-electron chi connectivity index (χ1n) is 15.3. The Morgan fingerprint density at radius 1 is 0.854 bits per heavy atom. The Bertz CT molecular complexity index is 1950. The predicted octanol–water partition coefficient (Wildman–Crippen LogP) is 6.72. The molecule has 0 aromatic heterocycles. The summed E-state index contributed by atoms with van der Waals surface area (Å²) in [5, 5.41) is 19.8. The lowest BCUT2D eigenvalue weighted by Crippen LogP contribution is -2.60. The smallest absolute Gasteiger partial charge is 0.253 e. The molecule has 1 N–H and O–H groups in total. The number of benzene rings is 3. The molecule has 4 amide bonds. The van der Waals surface area contributed by atoms with Crippen molar-refractivity contribution < 1.29 is 24.3 Å². The van der Waals surface area contributed by atoms with Gasteiger partial charge in [-0.2, -0.15) is 10.2 Å². The van der Waals surface area contributed by atoms with Crippen LogP contribution < -0.4 is 9.80 Å². The van der Waals surface area contributed by atoms with Gasteiger partial charge in [0.2, 0.25) is 11.8 Å². The average molecular weight is 707 g/mol. The molecule has 7 rings (SSSR count). The Kier molecular flexibility index (Phi) is 7.69. The lowest BCUT2D eigenvalue weighted by Gasteiger charge is -2.50. The van der Waals surface area contributed by atoms with E-state index in [1.54, 1.807) is 30.3 Å². The number of rotatable bonds is 5. The summed E-state index contributed by atoms with van der Waals surface area (Å²) in [5.41, 5.74) is 3.38. The van der Waals surface area contributed by atoms with Gasteiger partial charge in [0.25, 0.3) is 11.8 Å². The number of imide groups is 2. The highest BCUT2D eigenvalue weighted by Crippen LogP contribution is 2.66. The summed E-state index contributed by atoms with van der Waals surface area (Å²) in [6, 6.07) is 18.6. The number of alkyl halides is 2. The van der Waals surface area contributed by atoms with Gasteiger partial charge in [-0.05, 0) is 85.5 Å². The number of hydrogen-bond donors (Lipinski definition) is 1. The third-order valence-corrected chi connectivity index (χ3v) is 11.7. The monoisotopic (exact) mass is 705 g/mol. The van der Waals surface area contributed by atoms with Crippen LogP contribution in [0.1, 0.15) is 24.3 Å². The van der Waals surface area contributed by atoms with E-state index in [0.29, 0.717) is 22.6 Å². The van der Waals surface area contributed by atoms with Gasteiger partial charge in [-0.25, -0.2) is 0 Å². The molecule has 6 atom stereocenters. The van der Waals surface area contributed by atoms with E-state index in [-0.39, 0.29) is 35.1 Å². The van der Waals surface area contributed by atoms with E-state index in [9.17, 15) is 24.3 Å². The third kappa shape index (κ3) is 4.60. The molecule has 10 nitrogen and oxygen atoms in total. The lowest BCUT2D eigenvalue weighted by atomic mass is 9.56. The molecule has 13 heteroatoms. The molecule has 0 bridgehead atoms. The van der Waals surface area contributed by atoms with E-state index in [0.717, 1.165) is 15.5 Å². The molecular formula is C35H30Cl3N5O5. The maximum absolute atomic E-state index is 14.3. The molecule has 1 saturated carbocycles. The second kappa shape index (κ2) is 11.4. The molecule has 2 saturated heterocycles. The first-order valence-corrected chi connectivity index (χ1v) is 16.5. The van der Waals surface area contributed by atoms with Crippen LogP contribution in [0.4, 0.5) is 22.7 Å². The number of phenols is 1. The highest BCUT2D eigenvalue weighted by Gasteiger charge is 2.76. The molecule has 246 valence electrons. The number of aromatic hydroxyl groups is 1. The average Bonchev–Trinajstić information content (AvgIpc) is 3.40. The van der Waals surface area contributed by atoms with Gasteiger partial charge in [-0.3, -0.25) is 29.0 Å². The van der Waals surface area contributed by atoms with Crippen LogP contribution in [-0.2, 0) is 19.2 Å². The molecule has 2 aliphatic carbocycles. The van der Waals surface area contributed by atoms with Crippen LogP contribution in [0.15, 0.2) is 88.6 Å². The largest absolute Gasteiger partial charge is 0.508 e. The number of nitrogens with zero attached hydrogens (tertiary/aromatic N) is 5. The Morgan fingerprint density at radius 3 is 2.10 bits per heavy atom. The molecule has 0 spiro atoms. The van der Waals surface area contributed by atoms with Gasteiger partial charge in [-0.15, -0.1) is 23.2 Å². The topological polar surface area (TPSA) is 123 Å². The van der Waals surface area contributed by atoms with Crippen LogP contribution in [0.25, 0.3) is 0 Å². The van der Waals surface area contributed by atoms with Crippen molar-refractivity contribution in [1.29, 1.82) is 0 Å². The maximum atomic E-state index is 14.3. The highest BCUT2D eigenvalue weighted by molar-refractivity contribution is 6.53. The minimum Gasteiger partial charge on any atom is -0.508 e. The highest BCUT2D eigenvalue weighted by atomic mass is 35.5. The van der Waals surface area contributed by atoms with Gasteiger partial charge >= 0.3 is 0 Å². The molecule has 3 aromatic rings. The van der Waals surface area contributed by atoms with Crippen LogP contribution in [0.3, 0.4) is 0 Å². The zero-order valence-corrected chi connectivity index (χ0v) is 28.4. The SMILES string of the molecule is CN1C(=O)C2(Cl)CC3C(=CCC4C(=O)N(c5ccc(N=Nc6ccc(N(C)C)cc6)cc5)C(=O)C43)C(c3cc(Cl)ccc3O)C2(Cl)C1=O. The normalized spacial score (nSPS) is 29.7. The van der Waals surface area contributed by atoms with Crippen molar-refractivity contribution in [1.82, 2.24) is 4.90 Å². The van der Waals surface area contributed by atoms with Crippen molar-refractivity contribution in [3.8, 4) is 5.75 Å². The number of halogens is 3. The maximum Gasteiger partial charge on any atom is 0.253 e. The van der Waals surface area contributed by atoms with E-state index < -0.39 is 51.1 Å². The first-order chi connectivity index (χ1) is 22.8. The van der Waals surface area contributed by atoms with Crippen LogP contribution >= 0.6 is 34.8 Å². The quantitative estimate of drug-likeness (QED) is 0.136. The molecule has 6 unspecified atom stereocenters. The number of carbonyl (C=O) groups excluding carboxylic acids is 4. The summed E-state index contributed by atoms with van der Waals surface area (Å²) in [6.45, 7) is 0. The minimum atomic E-state index is -2.01. The fraction of sp³-hybridized carbons (Fsp3) is 0.314. The van der Waals surface area contributed by atoms with Crippen molar-refractivity contribution >= 4 is 81.2 Å². The summed E-state index contributed by atoms with van der Waals surface area (Å²) in [6.07, 6.45) is 1.84. The number of azo groups is 1. The van der Waals surface area contributed by atoms with Gasteiger partial charge in [0.15, 0.2) is 9.75 Å². The van der Waals surface area contributed by atoms with E-state index in [1.807, 2.05) is 43.3 Å².